The molecule has 0 N–H and O–H groups in total. The van der Waals surface area contributed by atoms with Crippen molar-refractivity contribution in [3.05, 3.63) is 58.1 Å². The molecule has 0 aromatic heterocycles. The third-order valence-electron chi connectivity index (χ3n) is 3.83. The van der Waals surface area contributed by atoms with Gasteiger partial charge in [-0.05, 0) is 54.1 Å². The highest BCUT2D eigenvalue weighted by atomic mass is 79.9. The van der Waals surface area contributed by atoms with Crippen molar-refractivity contribution in [1.82, 2.24) is 4.31 Å². The minimum Gasteiger partial charge on any atom is -0.493 e. The second-order valence-corrected chi connectivity index (χ2v) is 8.74. The number of halogens is 1. The highest BCUT2D eigenvalue weighted by molar-refractivity contribution is 9.10. The van der Waals surface area contributed by atoms with Gasteiger partial charge >= 0.3 is 0 Å². The van der Waals surface area contributed by atoms with Crippen LogP contribution in [-0.4, -0.2) is 46.8 Å². The minimum absolute atomic E-state index is 0.135. The summed E-state index contributed by atoms with van der Waals surface area (Å²) < 4.78 is 36.5. The number of sulfonamides is 1. The van der Waals surface area contributed by atoms with Crippen LogP contribution in [-0.2, 0) is 10.0 Å². The van der Waals surface area contributed by atoms with E-state index >= 15 is 0 Å². The van der Waals surface area contributed by atoms with Crippen molar-refractivity contribution >= 4 is 37.8 Å². The number of benzene rings is 2. The summed E-state index contributed by atoms with van der Waals surface area (Å²) in [5, 5.41) is 0. The predicted molar refractivity (Wildman–Crippen MR) is 108 cm³/mol. The van der Waals surface area contributed by atoms with E-state index in [9.17, 15) is 13.2 Å². The van der Waals surface area contributed by atoms with Crippen LogP contribution in [0.5, 0.6) is 11.5 Å². The molecule has 0 radical (unpaired) electrons. The van der Waals surface area contributed by atoms with Gasteiger partial charge in [0.15, 0.2) is 17.3 Å². The Balaban J connectivity index is 2.25. The van der Waals surface area contributed by atoms with E-state index in [1.54, 1.807) is 25.3 Å². The van der Waals surface area contributed by atoms with Crippen LogP contribution in [0.1, 0.15) is 15.9 Å². The zero-order valence-electron chi connectivity index (χ0n) is 15.4. The maximum absolute atomic E-state index is 12.4. The molecule has 6 nitrogen and oxygen atoms in total. The van der Waals surface area contributed by atoms with E-state index in [2.05, 4.69) is 15.9 Å². The zero-order valence-corrected chi connectivity index (χ0v) is 17.8. The molecule has 0 aliphatic rings. The van der Waals surface area contributed by atoms with Crippen LogP contribution in [0.2, 0.25) is 0 Å². The second-order valence-electron chi connectivity index (χ2n) is 5.74. The van der Waals surface area contributed by atoms with Gasteiger partial charge < -0.3 is 9.47 Å². The van der Waals surface area contributed by atoms with Crippen molar-refractivity contribution in [2.75, 3.05) is 28.3 Å². The van der Waals surface area contributed by atoms with Gasteiger partial charge in [-0.25, -0.2) is 12.7 Å². The second kappa shape index (κ2) is 8.69. The predicted octanol–water partition coefficient (Wildman–Crippen LogP) is 3.61. The Labute approximate surface area is 167 Å². The first-order chi connectivity index (χ1) is 12.7. The lowest BCUT2D eigenvalue weighted by Crippen LogP contribution is -2.22. The molecule has 0 bridgehead atoms. The van der Waals surface area contributed by atoms with E-state index in [4.69, 9.17) is 9.47 Å². The van der Waals surface area contributed by atoms with Crippen LogP contribution in [0.3, 0.4) is 0 Å². The van der Waals surface area contributed by atoms with Crippen molar-refractivity contribution in [3.63, 3.8) is 0 Å². The SMILES string of the molecule is COc1cc(Br)c(/C=C/C(=O)c2ccc(S(=O)(=O)N(C)C)cc2)cc1OC. The van der Waals surface area contributed by atoms with Gasteiger partial charge in [0.25, 0.3) is 0 Å². The average molecular weight is 454 g/mol. The standard InChI is InChI=1S/C19H20BrNO5S/c1-21(2)27(23,24)15-8-5-13(6-9-15)17(22)10-7-14-11-18(25-3)19(26-4)12-16(14)20/h5-12H,1-4H3/b10-7+. The molecule has 0 spiro atoms. The maximum Gasteiger partial charge on any atom is 0.242 e. The van der Waals surface area contributed by atoms with Crippen molar-refractivity contribution in [2.24, 2.45) is 0 Å². The lowest BCUT2D eigenvalue weighted by atomic mass is 10.1. The summed E-state index contributed by atoms with van der Waals surface area (Å²) in [6, 6.07) is 9.33. The number of rotatable bonds is 7. The fraction of sp³-hybridized carbons (Fsp3) is 0.211. The third kappa shape index (κ3) is 4.77. The first-order valence-electron chi connectivity index (χ1n) is 7.87. The lowest BCUT2D eigenvalue weighted by Gasteiger charge is -2.11. The largest absolute Gasteiger partial charge is 0.493 e. The Hall–Kier alpha value is -2.16. The molecule has 0 heterocycles. The summed E-state index contributed by atoms with van der Waals surface area (Å²) in [4.78, 5) is 12.5. The number of methoxy groups -OCH3 is 2. The zero-order chi connectivity index (χ0) is 20.2. The van der Waals surface area contributed by atoms with E-state index in [1.165, 1.54) is 51.5 Å². The molecule has 0 aliphatic carbocycles. The third-order valence-corrected chi connectivity index (χ3v) is 6.35. The molecule has 0 saturated heterocycles. The van der Waals surface area contributed by atoms with E-state index < -0.39 is 10.0 Å². The molecule has 0 unspecified atom stereocenters. The molecular formula is C19H20BrNO5S. The molecule has 144 valence electrons. The van der Waals surface area contributed by atoms with Gasteiger partial charge in [0.1, 0.15) is 0 Å². The van der Waals surface area contributed by atoms with E-state index in [0.29, 0.717) is 17.1 Å². The number of ketones is 1. The first-order valence-corrected chi connectivity index (χ1v) is 10.1. The summed E-state index contributed by atoms with van der Waals surface area (Å²) >= 11 is 3.43. The van der Waals surface area contributed by atoms with Gasteiger partial charge in [-0.1, -0.05) is 15.9 Å². The summed E-state index contributed by atoms with van der Waals surface area (Å²) in [5.41, 5.74) is 1.13. The van der Waals surface area contributed by atoms with E-state index in [0.717, 1.165) is 14.3 Å². The molecular weight excluding hydrogens is 434 g/mol. The fourth-order valence-electron chi connectivity index (χ4n) is 2.26. The summed E-state index contributed by atoms with van der Waals surface area (Å²) in [7, 11) is 2.47. The molecule has 0 saturated carbocycles. The smallest absolute Gasteiger partial charge is 0.242 e. The Bertz CT molecular complexity index is 966. The number of hydrogen-bond acceptors (Lipinski definition) is 5. The van der Waals surface area contributed by atoms with Gasteiger partial charge in [0, 0.05) is 24.1 Å². The van der Waals surface area contributed by atoms with Gasteiger partial charge in [-0.2, -0.15) is 0 Å². The molecule has 8 heteroatoms. The molecule has 0 atom stereocenters. The van der Waals surface area contributed by atoms with E-state index in [1.807, 2.05) is 0 Å². The normalized spacial score (nSPS) is 11.8. The monoisotopic (exact) mass is 453 g/mol. The molecule has 0 fully saturated rings. The summed E-state index contributed by atoms with van der Waals surface area (Å²) in [6.45, 7) is 0. The van der Waals surface area contributed by atoms with Gasteiger partial charge in [-0.3, -0.25) is 4.79 Å². The van der Waals surface area contributed by atoms with Crippen LogP contribution in [0, 0.1) is 0 Å². The lowest BCUT2D eigenvalue weighted by molar-refractivity contribution is 0.104. The number of allylic oxidation sites excluding steroid dienone is 1. The van der Waals surface area contributed by atoms with E-state index in [-0.39, 0.29) is 10.7 Å². The molecule has 0 amide bonds. The summed E-state index contributed by atoms with van der Waals surface area (Å²) in [6.07, 6.45) is 3.07. The molecule has 2 rings (SSSR count). The van der Waals surface area contributed by atoms with Crippen molar-refractivity contribution in [3.8, 4) is 11.5 Å². The van der Waals surface area contributed by atoms with Gasteiger partial charge in [0.2, 0.25) is 10.0 Å². The Kier molecular flexibility index (Phi) is 6.80. The molecule has 27 heavy (non-hydrogen) atoms. The fourth-order valence-corrected chi connectivity index (χ4v) is 3.62. The van der Waals surface area contributed by atoms with Crippen LogP contribution in [0.25, 0.3) is 6.08 Å². The van der Waals surface area contributed by atoms with Crippen molar-refractivity contribution < 1.29 is 22.7 Å². The molecule has 2 aromatic carbocycles. The highest BCUT2D eigenvalue weighted by Crippen LogP contribution is 2.33. The Morgan fingerprint density at radius 2 is 1.59 bits per heavy atom. The average Bonchev–Trinajstić information content (AvgIpc) is 2.66. The first kappa shape index (κ1) is 21.1. The number of hydrogen-bond donors (Lipinski definition) is 0. The quantitative estimate of drug-likeness (QED) is 0.472. The summed E-state index contributed by atoms with van der Waals surface area (Å²) in [5.74, 6) is 0.877. The van der Waals surface area contributed by atoms with Gasteiger partial charge in [-0.15, -0.1) is 0 Å². The van der Waals surface area contributed by atoms with Crippen LogP contribution < -0.4 is 9.47 Å². The van der Waals surface area contributed by atoms with Crippen molar-refractivity contribution in [2.45, 2.75) is 4.90 Å². The minimum atomic E-state index is -3.52. The molecule has 0 aliphatic heterocycles. The van der Waals surface area contributed by atoms with Crippen LogP contribution in [0.4, 0.5) is 0 Å². The number of carbonyl (C=O) groups excluding carboxylic acids is 1. The number of nitrogens with zero attached hydrogens (tertiary/aromatic N) is 1. The maximum atomic E-state index is 12.4. The number of ether oxygens (including phenoxy) is 2. The van der Waals surface area contributed by atoms with Crippen molar-refractivity contribution in [1.29, 1.82) is 0 Å². The van der Waals surface area contributed by atoms with Crippen LogP contribution in [0.15, 0.2) is 51.8 Å². The van der Waals surface area contributed by atoms with Gasteiger partial charge in [0.05, 0.1) is 19.1 Å². The topological polar surface area (TPSA) is 72.9 Å². The van der Waals surface area contributed by atoms with Crippen LogP contribution >= 0.6 is 15.9 Å². The number of carbonyl (C=O) groups is 1. The highest BCUT2D eigenvalue weighted by Gasteiger charge is 2.17. The Morgan fingerprint density at radius 1 is 1.04 bits per heavy atom. The molecule has 2 aromatic rings. The Morgan fingerprint density at radius 3 is 2.11 bits per heavy atom.